The number of halogens is 1. The Bertz CT molecular complexity index is 813. The molecule has 0 aliphatic carbocycles. The SMILES string of the molecule is NC(c1cc2cc(Cl)ccc2o1)C1CSc2ccccc21. The van der Waals surface area contributed by atoms with Crippen molar-refractivity contribution in [3.8, 4) is 0 Å². The van der Waals surface area contributed by atoms with Crippen LogP contribution in [-0.4, -0.2) is 5.75 Å². The first-order chi connectivity index (χ1) is 10.2. The fraction of sp³-hybridized carbons (Fsp3) is 0.176. The maximum Gasteiger partial charge on any atom is 0.134 e. The van der Waals surface area contributed by atoms with Crippen LogP contribution in [0.25, 0.3) is 11.0 Å². The molecule has 0 spiro atoms. The molecular weight excluding hydrogens is 302 g/mol. The fourth-order valence-corrected chi connectivity index (χ4v) is 4.37. The molecule has 2 aromatic carbocycles. The van der Waals surface area contributed by atoms with E-state index in [4.69, 9.17) is 21.8 Å². The molecule has 0 amide bonds. The summed E-state index contributed by atoms with van der Waals surface area (Å²) >= 11 is 7.89. The lowest BCUT2D eigenvalue weighted by molar-refractivity contribution is 0.461. The van der Waals surface area contributed by atoms with E-state index in [2.05, 4.69) is 24.3 Å². The Morgan fingerprint density at radius 1 is 1.19 bits per heavy atom. The van der Waals surface area contributed by atoms with Crippen LogP contribution in [-0.2, 0) is 0 Å². The average molecular weight is 316 g/mol. The van der Waals surface area contributed by atoms with Crippen molar-refractivity contribution in [2.24, 2.45) is 5.73 Å². The maximum absolute atomic E-state index is 6.48. The van der Waals surface area contributed by atoms with Crippen molar-refractivity contribution < 1.29 is 4.42 Å². The molecule has 1 aliphatic heterocycles. The molecule has 2 nitrogen and oxygen atoms in total. The zero-order chi connectivity index (χ0) is 14.4. The zero-order valence-electron chi connectivity index (χ0n) is 11.3. The largest absolute Gasteiger partial charge is 0.459 e. The highest BCUT2D eigenvalue weighted by Gasteiger charge is 2.30. The predicted molar refractivity (Wildman–Crippen MR) is 88.1 cm³/mol. The molecule has 0 saturated heterocycles. The average Bonchev–Trinajstić information content (AvgIpc) is 3.09. The summed E-state index contributed by atoms with van der Waals surface area (Å²) in [6.45, 7) is 0. The van der Waals surface area contributed by atoms with Crippen LogP contribution in [0, 0.1) is 0 Å². The van der Waals surface area contributed by atoms with Crippen molar-refractivity contribution in [2.45, 2.75) is 16.9 Å². The lowest BCUT2D eigenvalue weighted by Crippen LogP contribution is -2.19. The molecule has 2 unspecified atom stereocenters. The van der Waals surface area contributed by atoms with Crippen molar-refractivity contribution in [3.63, 3.8) is 0 Å². The maximum atomic E-state index is 6.48. The molecule has 0 radical (unpaired) electrons. The number of rotatable bonds is 2. The number of nitrogens with two attached hydrogens (primary N) is 1. The van der Waals surface area contributed by atoms with Crippen LogP contribution >= 0.6 is 23.4 Å². The van der Waals surface area contributed by atoms with E-state index >= 15 is 0 Å². The Morgan fingerprint density at radius 2 is 2.05 bits per heavy atom. The Hall–Kier alpha value is -1.42. The summed E-state index contributed by atoms with van der Waals surface area (Å²) in [6, 6.07) is 16.0. The van der Waals surface area contributed by atoms with Crippen molar-refractivity contribution in [2.75, 3.05) is 5.75 Å². The van der Waals surface area contributed by atoms with Gasteiger partial charge >= 0.3 is 0 Å². The summed E-state index contributed by atoms with van der Waals surface area (Å²) in [5.41, 5.74) is 8.64. The second-order valence-electron chi connectivity index (χ2n) is 5.31. The van der Waals surface area contributed by atoms with Crippen molar-refractivity contribution >= 4 is 34.3 Å². The molecule has 4 heteroatoms. The summed E-state index contributed by atoms with van der Waals surface area (Å²) in [4.78, 5) is 1.33. The quantitative estimate of drug-likeness (QED) is 0.725. The summed E-state index contributed by atoms with van der Waals surface area (Å²) in [5, 5.41) is 1.72. The number of thioether (sulfide) groups is 1. The monoisotopic (exact) mass is 315 g/mol. The molecule has 2 N–H and O–H groups in total. The minimum Gasteiger partial charge on any atom is -0.459 e. The Kier molecular flexibility index (Phi) is 3.21. The van der Waals surface area contributed by atoms with Crippen molar-refractivity contribution in [1.82, 2.24) is 0 Å². The number of hydrogen-bond donors (Lipinski definition) is 1. The van der Waals surface area contributed by atoms with E-state index in [-0.39, 0.29) is 6.04 Å². The van der Waals surface area contributed by atoms with Gasteiger partial charge in [-0.15, -0.1) is 11.8 Å². The fourth-order valence-electron chi connectivity index (χ4n) is 2.88. The van der Waals surface area contributed by atoms with Crippen LogP contribution in [0.1, 0.15) is 23.3 Å². The number of fused-ring (bicyclic) bond motifs is 2. The molecular formula is C17H14ClNOS. The number of benzene rings is 2. The van der Waals surface area contributed by atoms with E-state index < -0.39 is 0 Å². The van der Waals surface area contributed by atoms with Gasteiger partial charge in [-0.05, 0) is 35.9 Å². The lowest BCUT2D eigenvalue weighted by atomic mass is 9.92. The molecule has 0 bridgehead atoms. The van der Waals surface area contributed by atoms with Crippen molar-refractivity contribution in [3.05, 3.63) is 64.9 Å². The van der Waals surface area contributed by atoms with Crippen LogP contribution in [0.3, 0.4) is 0 Å². The summed E-state index contributed by atoms with van der Waals surface area (Å²) < 4.78 is 5.92. The Balaban J connectivity index is 1.72. The molecule has 4 rings (SSSR count). The van der Waals surface area contributed by atoms with E-state index in [1.165, 1.54) is 10.5 Å². The highest BCUT2D eigenvalue weighted by molar-refractivity contribution is 7.99. The van der Waals surface area contributed by atoms with E-state index in [1.54, 1.807) is 0 Å². The highest BCUT2D eigenvalue weighted by atomic mass is 35.5. The zero-order valence-corrected chi connectivity index (χ0v) is 12.8. The highest BCUT2D eigenvalue weighted by Crippen LogP contribution is 2.45. The molecule has 1 aliphatic rings. The minimum atomic E-state index is -0.132. The van der Waals surface area contributed by atoms with Gasteiger partial charge in [-0.3, -0.25) is 0 Å². The van der Waals surface area contributed by atoms with Gasteiger partial charge in [-0.25, -0.2) is 0 Å². The van der Waals surface area contributed by atoms with Crippen LogP contribution in [0.5, 0.6) is 0 Å². The van der Waals surface area contributed by atoms with Gasteiger partial charge in [-0.2, -0.15) is 0 Å². The number of furan rings is 1. The summed E-state index contributed by atoms with van der Waals surface area (Å²) in [6.07, 6.45) is 0. The molecule has 0 fully saturated rings. The molecule has 21 heavy (non-hydrogen) atoms. The molecule has 2 atom stereocenters. The first kappa shape index (κ1) is 13.3. The lowest BCUT2D eigenvalue weighted by Gasteiger charge is -2.17. The molecule has 0 saturated carbocycles. The Labute approximate surface area is 132 Å². The van der Waals surface area contributed by atoms with Crippen LogP contribution in [0.4, 0.5) is 0 Å². The van der Waals surface area contributed by atoms with E-state index in [0.717, 1.165) is 22.5 Å². The topological polar surface area (TPSA) is 39.2 Å². The second-order valence-corrected chi connectivity index (χ2v) is 6.81. The molecule has 2 heterocycles. The first-order valence-corrected chi connectivity index (χ1v) is 8.25. The third kappa shape index (κ3) is 2.26. The van der Waals surface area contributed by atoms with E-state index in [9.17, 15) is 0 Å². The van der Waals surface area contributed by atoms with Crippen LogP contribution < -0.4 is 5.73 Å². The van der Waals surface area contributed by atoms with Gasteiger partial charge in [0.15, 0.2) is 0 Å². The van der Waals surface area contributed by atoms with Crippen LogP contribution in [0.15, 0.2) is 57.8 Å². The first-order valence-electron chi connectivity index (χ1n) is 6.89. The van der Waals surface area contributed by atoms with Crippen LogP contribution in [0.2, 0.25) is 5.02 Å². The molecule has 106 valence electrons. The van der Waals surface area contributed by atoms with Gasteiger partial charge in [0, 0.05) is 27.0 Å². The minimum absolute atomic E-state index is 0.132. The second kappa shape index (κ2) is 5.09. The Morgan fingerprint density at radius 3 is 2.95 bits per heavy atom. The standard InChI is InChI=1S/C17H14ClNOS/c18-11-5-6-14-10(7-11)8-15(20-14)17(19)13-9-21-16-4-2-1-3-12(13)16/h1-8,13,17H,9,19H2. The summed E-state index contributed by atoms with van der Waals surface area (Å²) in [7, 11) is 0. The predicted octanol–water partition coefficient (Wildman–Crippen LogP) is 4.98. The van der Waals surface area contributed by atoms with Crippen molar-refractivity contribution in [1.29, 1.82) is 0 Å². The number of hydrogen-bond acceptors (Lipinski definition) is 3. The van der Waals surface area contributed by atoms with Gasteiger partial charge in [0.25, 0.3) is 0 Å². The van der Waals surface area contributed by atoms with Gasteiger partial charge in [0.1, 0.15) is 11.3 Å². The normalized spacial score (nSPS) is 18.9. The summed E-state index contributed by atoms with van der Waals surface area (Å²) in [5.74, 6) is 2.12. The molecule has 3 aromatic rings. The third-order valence-electron chi connectivity index (χ3n) is 4.00. The van der Waals surface area contributed by atoms with E-state index in [1.807, 2.05) is 36.0 Å². The third-order valence-corrected chi connectivity index (χ3v) is 5.44. The van der Waals surface area contributed by atoms with Gasteiger partial charge < -0.3 is 10.2 Å². The molecule has 1 aromatic heterocycles. The van der Waals surface area contributed by atoms with Gasteiger partial charge in [0.05, 0.1) is 6.04 Å². The van der Waals surface area contributed by atoms with Gasteiger partial charge in [0.2, 0.25) is 0 Å². The van der Waals surface area contributed by atoms with E-state index in [0.29, 0.717) is 10.9 Å². The van der Waals surface area contributed by atoms with Gasteiger partial charge in [-0.1, -0.05) is 29.8 Å². The smallest absolute Gasteiger partial charge is 0.134 e.